The fourth-order valence-corrected chi connectivity index (χ4v) is 3.53. The number of alkyl halides is 3. The highest BCUT2D eigenvalue weighted by Gasteiger charge is 2.36. The lowest BCUT2D eigenvalue weighted by molar-refractivity contribution is -0.142. The number of benzene rings is 2. The van der Waals surface area contributed by atoms with Gasteiger partial charge in [0.25, 0.3) is 5.91 Å². The van der Waals surface area contributed by atoms with Crippen molar-refractivity contribution in [2.24, 2.45) is 0 Å². The highest BCUT2D eigenvalue weighted by atomic mass is 19.4. The van der Waals surface area contributed by atoms with E-state index in [9.17, 15) is 18.0 Å². The molecule has 1 N–H and O–H groups in total. The van der Waals surface area contributed by atoms with E-state index in [0.717, 1.165) is 23.4 Å². The molecule has 10 heteroatoms. The van der Waals surface area contributed by atoms with Crippen molar-refractivity contribution >= 4 is 11.6 Å². The topological polar surface area (TPSA) is 77.8 Å². The lowest BCUT2D eigenvalue weighted by Crippen LogP contribution is -2.23. The number of rotatable bonds is 4. The predicted molar refractivity (Wildman–Crippen MR) is 112 cm³/mol. The molecule has 0 fully saturated rings. The Hall–Kier alpha value is -4.08. The minimum Gasteiger partial charge on any atom is -0.454 e. The zero-order valence-electron chi connectivity index (χ0n) is 17.3. The Balaban J connectivity index is 1.49. The van der Waals surface area contributed by atoms with Gasteiger partial charge in [0.1, 0.15) is 5.56 Å². The third kappa shape index (κ3) is 3.95. The summed E-state index contributed by atoms with van der Waals surface area (Å²) in [5, 5.41) is 6.49. The maximum Gasteiger partial charge on any atom is 0.433 e. The number of nitrogens with one attached hydrogen (secondary N) is 1. The molecule has 0 spiro atoms. The summed E-state index contributed by atoms with van der Waals surface area (Å²) in [7, 11) is 0. The first kappa shape index (κ1) is 20.8. The van der Waals surface area contributed by atoms with Crippen LogP contribution in [0.25, 0.3) is 16.9 Å². The first-order valence-electron chi connectivity index (χ1n) is 9.99. The van der Waals surface area contributed by atoms with Crippen LogP contribution in [-0.4, -0.2) is 27.3 Å². The van der Waals surface area contributed by atoms with Crippen LogP contribution in [0.15, 0.2) is 54.7 Å². The molecule has 1 amide bonds. The number of amides is 1. The molecule has 0 saturated carbocycles. The van der Waals surface area contributed by atoms with Gasteiger partial charge in [0, 0.05) is 12.1 Å². The number of aromatic nitrogens is 3. The molecule has 7 nitrogen and oxygen atoms in total. The van der Waals surface area contributed by atoms with E-state index in [2.05, 4.69) is 15.4 Å². The molecule has 1 aliphatic rings. The van der Waals surface area contributed by atoms with Crippen LogP contribution in [0.1, 0.15) is 27.2 Å². The number of halogens is 3. The summed E-state index contributed by atoms with van der Waals surface area (Å²) < 4.78 is 52.5. The van der Waals surface area contributed by atoms with E-state index in [-0.39, 0.29) is 30.2 Å². The number of nitrogens with zero attached hydrogens (tertiary/aromatic N) is 3. The van der Waals surface area contributed by atoms with Crippen molar-refractivity contribution in [3.63, 3.8) is 0 Å². The van der Waals surface area contributed by atoms with Crippen LogP contribution in [0.5, 0.6) is 11.5 Å². The molecule has 168 valence electrons. The minimum atomic E-state index is -4.69. The van der Waals surface area contributed by atoms with Gasteiger partial charge in [-0.1, -0.05) is 35.9 Å². The summed E-state index contributed by atoms with van der Waals surface area (Å²) in [5.74, 6) is 0.585. The molecule has 33 heavy (non-hydrogen) atoms. The quantitative estimate of drug-likeness (QED) is 0.495. The highest BCUT2D eigenvalue weighted by molar-refractivity contribution is 5.99. The van der Waals surface area contributed by atoms with Crippen molar-refractivity contribution in [3.05, 3.63) is 77.1 Å². The maximum atomic E-state index is 13.8. The van der Waals surface area contributed by atoms with E-state index in [1.807, 2.05) is 6.92 Å². The summed E-state index contributed by atoms with van der Waals surface area (Å²) >= 11 is 0. The number of fused-ring (bicyclic) bond motifs is 2. The van der Waals surface area contributed by atoms with Crippen LogP contribution in [0, 0.1) is 6.92 Å². The number of carbonyl (C=O) groups excluding carboxylic acids is 1. The van der Waals surface area contributed by atoms with Crippen molar-refractivity contribution in [2.75, 3.05) is 6.79 Å². The Morgan fingerprint density at radius 2 is 1.85 bits per heavy atom. The Morgan fingerprint density at radius 3 is 2.61 bits per heavy atom. The molecule has 0 atom stereocenters. The van der Waals surface area contributed by atoms with Gasteiger partial charge in [-0.15, -0.1) is 0 Å². The Labute approximate surface area is 185 Å². The summed E-state index contributed by atoms with van der Waals surface area (Å²) in [4.78, 5) is 17.2. The monoisotopic (exact) mass is 454 g/mol. The summed E-state index contributed by atoms with van der Waals surface area (Å²) in [6.45, 7) is 2.14. The van der Waals surface area contributed by atoms with Gasteiger partial charge in [0.05, 0.1) is 11.9 Å². The van der Waals surface area contributed by atoms with Gasteiger partial charge in [-0.05, 0) is 30.7 Å². The molecular weight excluding hydrogens is 437 g/mol. The smallest absolute Gasteiger partial charge is 0.433 e. The van der Waals surface area contributed by atoms with Crippen molar-refractivity contribution in [1.29, 1.82) is 0 Å². The third-order valence-electron chi connectivity index (χ3n) is 5.24. The second-order valence-electron chi connectivity index (χ2n) is 7.55. The van der Waals surface area contributed by atoms with Gasteiger partial charge in [-0.2, -0.15) is 18.3 Å². The number of carbonyl (C=O) groups is 1. The Morgan fingerprint density at radius 1 is 1.09 bits per heavy atom. The largest absolute Gasteiger partial charge is 0.454 e. The number of hydrogen-bond acceptors (Lipinski definition) is 5. The molecular formula is C23H17F3N4O3. The predicted octanol–water partition coefficient (Wildman–Crippen LogP) is 4.38. The van der Waals surface area contributed by atoms with E-state index in [0.29, 0.717) is 21.6 Å². The number of ether oxygens (including phenoxy) is 2. The normalized spacial score (nSPS) is 12.8. The van der Waals surface area contributed by atoms with Gasteiger partial charge < -0.3 is 14.8 Å². The van der Waals surface area contributed by atoms with Crippen molar-refractivity contribution in [1.82, 2.24) is 19.9 Å². The average molecular weight is 454 g/mol. The molecule has 3 heterocycles. The molecule has 0 bridgehead atoms. The van der Waals surface area contributed by atoms with Crippen molar-refractivity contribution in [3.8, 4) is 22.8 Å². The zero-order valence-corrected chi connectivity index (χ0v) is 17.3. The molecule has 1 aliphatic heterocycles. The van der Waals surface area contributed by atoms with Crippen LogP contribution >= 0.6 is 0 Å². The van der Waals surface area contributed by atoms with Gasteiger partial charge in [0.2, 0.25) is 6.79 Å². The van der Waals surface area contributed by atoms with Crippen LogP contribution < -0.4 is 14.8 Å². The third-order valence-corrected chi connectivity index (χ3v) is 5.24. The lowest BCUT2D eigenvalue weighted by atomic mass is 10.1. The molecule has 0 radical (unpaired) electrons. The van der Waals surface area contributed by atoms with Gasteiger partial charge in [-0.25, -0.2) is 9.50 Å². The standard InChI is InChI=1S/C23H17F3N4O3/c1-13-2-5-15(6-3-13)17-9-20(23(24,25)26)30-21(29-17)16(11-28-30)22(31)27-10-14-4-7-18-19(8-14)33-12-32-18/h2-9,11H,10,12H2,1H3,(H,27,31). The highest BCUT2D eigenvalue weighted by Crippen LogP contribution is 2.34. The number of hydrogen-bond donors (Lipinski definition) is 1. The van der Waals surface area contributed by atoms with Crippen LogP contribution in [0.2, 0.25) is 0 Å². The first-order chi connectivity index (χ1) is 15.8. The SMILES string of the molecule is Cc1ccc(-c2cc(C(F)(F)F)n3ncc(C(=O)NCc4ccc5c(c4)OCO5)c3n2)cc1. The molecule has 2 aromatic carbocycles. The van der Waals surface area contributed by atoms with Crippen molar-refractivity contribution in [2.45, 2.75) is 19.6 Å². The Bertz CT molecular complexity index is 1360. The van der Waals surface area contributed by atoms with Gasteiger partial charge >= 0.3 is 6.18 Å². The average Bonchev–Trinajstić information content (AvgIpc) is 3.43. The van der Waals surface area contributed by atoms with Crippen molar-refractivity contribution < 1.29 is 27.4 Å². The molecule has 0 unspecified atom stereocenters. The molecule has 0 aliphatic carbocycles. The minimum absolute atomic E-state index is 0.0600. The van der Waals surface area contributed by atoms with E-state index in [1.54, 1.807) is 42.5 Å². The summed E-state index contributed by atoms with van der Waals surface area (Å²) in [5.41, 5.74) is 1.05. The van der Waals surface area contributed by atoms with E-state index >= 15 is 0 Å². The Kier molecular flexibility index (Phi) is 4.92. The van der Waals surface area contributed by atoms with Gasteiger partial charge in [0.15, 0.2) is 22.8 Å². The first-order valence-corrected chi connectivity index (χ1v) is 9.99. The van der Waals surface area contributed by atoms with Crippen LogP contribution in [0.4, 0.5) is 13.2 Å². The molecule has 5 rings (SSSR count). The van der Waals surface area contributed by atoms with E-state index in [1.165, 1.54) is 0 Å². The molecule has 2 aromatic heterocycles. The fraction of sp³-hybridized carbons (Fsp3) is 0.174. The van der Waals surface area contributed by atoms with Crippen LogP contribution in [-0.2, 0) is 12.7 Å². The maximum absolute atomic E-state index is 13.8. The van der Waals surface area contributed by atoms with Gasteiger partial charge in [-0.3, -0.25) is 4.79 Å². The molecule has 4 aromatic rings. The second-order valence-corrected chi connectivity index (χ2v) is 7.55. The second kappa shape index (κ2) is 7.80. The number of aryl methyl sites for hydroxylation is 1. The summed E-state index contributed by atoms with van der Waals surface area (Å²) in [6, 6.07) is 13.1. The summed E-state index contributed by atoms with van der Waals surface area (Å²) in [6.07, 6.45) is -3.60. The fourth-order valence-electron chi connectivity index (χ4n) is 3.53. The lowest BCUT2D eigenvalue weighted by Gasteiger charge is -2.12. The zero-order chi connectivity index (χ0) is 23.2. The molecule has 0 saturated heterocycles. The van der Waals surface area contributed by atoms with Crippen LogP contribution in [0.3, 0.4) is 0 Å². The van der Waals surface area contributed by atoms with E-state index in [4.69, 9.17) is 9.47 Å². The van der Waals surface area contributed by atoms with E-state index < -0.39 is 17.8 Å².